The highest BCUT2D eigenvalue weighted by molar-refractivity contribution is 5.76. The van der Waals surface area contributed by atoms with Gasteiger partial charge in [0.25, 0.3) is 0 Å². The molecule has 3 N–H and O–H groups in total. The molecule has 0 fully saturated rings. The quantitative estimate of drug-likeness (QED) is 0.770. The fourth-order valence-corrected chi connectivity index (χ4v) is 1.96. The number of carbonyl (C=O) groups is 1. The first-order valence-corrected chi connectivity index (χ1v) is 6.66. The van der Waals surface area contributed by atoms with Gasteiger partial charge in [0, 0.05) is 13.1 Å². The van der Waals surface area contributed by atoms with Crippen molar-refractivity contribution < 1.29 is 4.79 Å². The van der Waals surface area contributed by atoms with Crippen molar-refractivity contribution in [3.05, 3.63) is 29.6 Å². The first kappa shape index (κ1) is 13.4. The van der Waals surface area contributed by atoms with Gasteiger partial charge < -0.3 is 15.6 Å². The van der Waals surface area contributed by atoms with Gasteiger partial charge in [0.1, 0.15) is 5.82 Å². The van der Waals surface area contributed by atoms with E-state index in [1.165, 1.54) is 5.56 Å². The number of amides is 2. The predicted octanol–water partition coefficient (Wildman–Crippen LogP) is 2.12. The van der Waals surface area contributed by atoms with E-state index < -0.39 is 0 Å². The summed E-state index contributed by atoms with van der Waals surface area (Å²) in [6, 6.07) is 6.04. The number of fused-ring (bicyclic) bond motifs is 1. The molecule has 2 aromatic rings. The number of benzene rings is 1. The van der Waals surface area contributed by atoms with Crippen molar-refractivity contribution in [2.45, 2.75) is 26.7 Å². The maximum atomic E-state index is 11.4. The minimum atomic E-state index is -0.0969. The van der Waals surface area contributed by atoms with Crippen LogP contribution < -0.4 is 10.6 Å². The molecule has 0 atom stereocenters. The third-order valence-corrected chi connectivity index (χ3v) is 2.90. The van der Waals surface area contributed by atoms with Gasteiger partial charge in [-0.1, -0.05) is 13.0 Å². The average molecular weight is 260 g/mol. The Morgan fingerprint density at radius 3 is 2.89 bits per heavy atom. The maximum absolute atomic E-state index is 11.4. The molecular formula is C14H20N4O. The Morgan fingerprint density at radius 1 is 1.32 bits per heavy atom. The molecule has 1 aromatic carbocycles. The van der Waals surface area contributed by atoms with E-state index in [4.69, 9.17) is 0 Å². The van der Waals surface area contributed by atoms with Gasteiger partial charge in [0.05, 0.1) is 11.0 Å². The van der Waals surface area contributed by atoms with Gasteiger partial charge in [-0.3, -0.25) is 0 Å². The number of aryl methyl sites for hydroxylation is 1. The zero-order valence-corrected chi connectivity index (χ0v) is 11.4. The van der Waals surface area contributed by atoms with E-state index in [2.05, 4.69) is 26.7 Å². The van der Waals surface area contributed by atoms with E-state index >= 15 is 0 Å². The molecule has 0 aliphatic rings. The molecule has 0 bridgehead atoms. The van der Waals surface area contributed by atoms with E-state index in [9.17, 15) is 4.79 Å². The summed E-state index contributed by atoms with van der Waals surface area (Å²) in [5, 5.41) is 5.63. The summed E-state index contributed by atoms with van der Waals surface area (Å²) in [6.07, 6.45) is 1.76. The van der Waals surface area contributed by atoms with Crippen LogP contribution in [0.1, 0.15) is 24.7 Å². The fraction of sp³-hybridized carbons (Fsp3) is 0.429. The van der Waals surface area contributed by atoms with Crippen LogP contribution in [0.4, 0.5) is 4.79 Å². The Labute approximate surface area is 112 Å². The van der Waals surface area contributed by atoms with Crippen LogP contribution in [0.5, 0.6) is 0 Å². The molecule has 5 nitrogen and oxygen atoms in total. The zero-order valence-electron chi connectivity index (χ0n) is 11.4. The van der Waals surface area contributed by atoms with Gasteiger partial charge in [-0.25, -0.2) is 9.78 Å². The fourth-order valence-electron chi connectivity index (χ4n) is 1.96. The van der Waals surface area contributed by atoms with Crippen molar-refractivity contribution >= 4 is 17.1 Å². The van der Waals surface area contributed by atoms with E-state index in [0.717, 1.165) is 29.7 Å². The van der Waals surface area contributed by atoms with Crippen LogP contribution in [-0.2, 0) is 6.42 Å². The molecule has 0 saturated heterocycles. The van der Waals surface area contributed by atoms with Gasteiger partial charge in [-0.15, -0.1) is 0 Å². The van der Waals surface area contributed by atoms with Crippen LogP contribution in [-0.4, -0.2) is 29.1 Å². The number of imidazole rings is 1. The first-order valence-electron chi connectivity index (χ1n) is 6.66. The second-order valence-corrected chi connectivity index (χ2v) is 4.61. The smallest absolute Gasteiger partial charge is 0.314 e. The van der Waals surface area contributed by atoms with Gasteiger partial charge >= 0.3 is 6.03 Å². The zero-order chi connectivity index (χ0) is 13.7. The van der Waals surface area contributed by atoms with E-state index in [1.54, 1.807) is 0 Å². The van der Waals surface area contributed by atoms with Crippen molar-refractivity contribution in [2.24, 2.45) is 0 Å². The standard InChI is InChI=1S/C14H20N4O/c1-3-7-15-14(19)16-8-6-11-4-5-12-13(9-11)18-10(2)17-12/h4-5,9H,3,6-8H2,1-2H3,(H,17,18)(H2,15,16,19). The van der Waals surface area contributed by atoms with E-state index in [0.29, 0.717) is 13.1 Å². The highest BCUT2D eigenvalue weighted by Gasteiger charge is 2.02. The molecule has 0 spiro atoms. The van der Waals surface area contributed by atoms with Crippen LogP contribution in [0.3, 0.4) is 0 Å². The van der Waals surface area contributed by atoms with Crippen molar-refractivity contribution in [3.8, 4) is 0 Å². The molecule has 0 unspecified atom stereocenters. The van der Waals surface area contributed by atoms with Crippen molar-refractivity contribution in [1.29, 1.82) is 0 Å². The summed E-state index contributed by atoms with van der Waals surface area (Å²) >= 11 is 0. The highest BCUT2D eigenvalue weighted by Crippen LogP contribution is 2.13. The Balaban J connectivity index is 1.86. The van der Waals surface area contributed by atoms with Crippen LogP contribution in [0.25, 0.3) is 11.0 Å². The lowest BCUT2D eigenvalue weighted by Gasteiger charge is -2.06. The number of rotatable bonds is 5. The Hall–Kier alpha value is -2.04. The largest absolute Gasteiger partial charge is 0.342 e. The van der Waals surface area contributed by atoms with Gasteiger partial charge in [0.2, 0.25) is 0 Å². The third-order valence-electron chi connectivity index (χ3n) is 2.90. The number of hydrogen-bond acceptors (Lipinski definition) is 2. The van der Waals surface area contributed by atoms with Gasteiger partial charge in [-0.05, 0) is 37.5 Å². The van der Waals surface area contributed by atoms with Crippen LogP contribution in [0, 0.1) is 6.92 Å². The number of carbonyl (C=O) groups excluding carboxylic acids is 1. The summed E-state index contributed by atoms with van der Waals surface area (Å²) in [4.78, 5) is 18.9. The second kappa shape index (κ2) is 6.22. The number of nitrogens with zero attached hydrogens (tertiary/aromatic N) is 1. The summed E-state index contributed by atoms with van der Waals surface area (Å²) in [6.45, 7) is 5.32. The number of nitrogens with one attached hydrogen (secondary N) is 3. The summed E-state index contributed by atoms with van der Waals surface area (Å²) in [5.41, 5.74) is 3.22. The first-order chi connectivity index (χ1) is 9.19. The van der Waals surface area contributed by atoms with Crippen molar-refractivity contribution in [2.75, 3.05) is 13.1 Å². The second-order valence-electron chi connectivity index (χ2n) is 4.61. The number of urea groups is 1. The molecule has 0 saturated carbocycles. The van der Waals surface area contributed by atoms with Crippen LogP contribution in [0.15, 0.2) is 18.2 Å². The van der Waals surface area contributed by atoms with Gasteiger partial charge in [0.15, 0.2) is 0 Å². The Morgan fingerprint density at radius 2 is 2.11 bits per heavy atom. The lowest BCUT2D eigenvalue weighted by atomic mass is 10.1. The minimum Gasteiger partial charge on any atom is -0.342 e. The summed E-state index contributed by atoms with van der Waals surface area (Å²) < 4.78 is 0. The topological polar surface area (TPSA) is 69.8 Å². The Bertz CT molecular complexity index is 562. The van der Waals surface area contributed by atoms with Crippen molar-refractivity contribution in [3.63, 3.8) is 0 Å². The van der Waals surface area contributed by atoms with E-state index in [1.807, 2.05) is 26.0 Å². The molecule has 102 valence electrons. The monoisotopic (exact) mass is 260 g/mol. The predicted molar refractivity (Wildman–Crippen MR) is 76.2 cm³/mol. The molecule has 0 radical (unpaired) electrons. The molecule has 1 heterocycles. The number of hydrogen-bond donors (Lipinski definition) is 3. The van der Waals surface area contributed by atoms with Crippen LogP contribution in [0.2, 0.25) is 0 Å². The SMILES string of the molecule is CCCNC(=O)NCCc1ccc2nc(C)[nH]c2c1. The number of aromatic nitrogens is 2. The lowest BCUT2D eigenvalue weighted by molar-refractivity contribution is 0.241. The van der Waals surface area contributed by atoms with Gasteiger partial charge in [-0.2, -0.15) is 0 Å². The molecule has 5 heteroatoms. The molecule has 0 aliphatic heterocycles. The number of H-pyrrole nitrogens is 1. The normalized spacial score (nSPS) is 10.6. The minimum absolute atomic E-state index is 0.0969. The molecule has 2 amide bonds. The average Bonchev–Trinajstić information content (AvgIpc) is 2.75. The lowest BCUT2D eigenvalue weighted by Crippen LogP contribution is -2.36. The highest BCUT2D eigenvalue weighted by atomic mass is 16.2. The van der Waals surface area contributed by atoms with E-state index in [-0.39, 0.29) is 6.03 Å². The maximum Gasteiger partial charge on any atom is 0.314 e. The number of aromatic amines is 1. The molecule has 1 aromatic heterocycles. The molecule has 0 aliphatic carbocycles. The molecule has 19 heavy (non-hydrogen) atoms. The molecule has 2 rings (SSSR count). The summed E-state index contributed by atoms with van der Waals surface area (Å²) in [7, 11) is 0. The van der Waals surface area contributed by atoms with Crippen molar-refractivity contribution in [1.82, 2.24) is 20.6 Å². The molecular weight excluding hydrogens is 240 g/mol. The third kappa shape index (κ3) is 3.71. The van der Waals surface area contributed by atoms with Crippen LogP contribution >= 0.6 is 0 Å². The summed E-state index contributed by atoms with van der Waals surface area (Å²) in [5.74, 6) is 0.921. The Kier molecular flexibility index (Phi) is 4.39.